The van der Waals surface area contributed by atoms with Gasteiger partial charge in [-0.3, -0.25) is 0 Å². The van der Waals surface area contributed by atoms with Crippen molar-refractivity contribution in [2.45, 2.75) is 44.4 Å². The van der Waals surface area contributed by atoms with Crippen LogP contribution < -0.4 is 5.32 Å². The summed E-state index contributed by atoms with van der Waals surface area (Å²) in [5.74, 6) is 2.63. The summed E-state index contributed by atoms with van der Waals surface area (Å²) >= 11 is 2.06. The quantitative estimate of drug-likeness (QED) is 0.750. The van der Waals surface area contributed by atoms with E-state index in [0.29, 0.717) is 12.2 Å². The van der Waals surface area contributed by atoms with Crippen molar-refractivity contribution < 1.29 is 4.74 Å². The van der Waals surface area contributed by atoms with Gasteiger partial charge in [-0.2, -0.15) is 11.8 Å². The van der Waals surface area contributed by atoms with Gasteiger partial charge in [-0.15, -0.1) is 0 Å². The smallest absolute Gasteiger partial charge is 0.0704 e. The molecule has 2 rings (SSSR count). The average Bonchev–Trinajstić information content (AvgIpc) is 2.71. The van der Waals surface area contributed by atoms with Crippen LogP contribution in [0.1, 0.15) is 26.2 Å². The van der Waals surface area contributed by atoms with Gasteiger partial charge in [-0.1, -0.05) is 0 Å². The van der Waals surface area contributed by atoms with Gasteiger partial charge in [0.05, 0.1) is 12.2 Å². The number of nitrogens with one attached hydrogen (secondary N) is 1. The third-order valence-electron chi connectivity index (χ3n) is 2.88. The van der Waals surface area contributed by atoms with Crippen LogP contribution >= 0.6 is 11.8 Å². The molecule has 2 heterocycles. The molecule has 2 fully saturated rings. The molecule has 2 aliphatic rings. The fraction of sp³-hybridized carbons (Fsp3) is 1.00. The van der Waals surface area contributed by atoms with E-state index in [9.17, 15) is 0 Å². The molecular formula is C10H19NOS. The molecule has 3 heteroatoms. The Balaban J connectivity index is 1.62. The normalized spacial score (nSPS) is 39.9. The SMILES string of the molecule is CC1CCC(CNC2CCSC2)O1. The maximum absolute atomic E-state index is 5.75. The lowest BCUT2D eigenvalue weighted by atomic mass is 10.2. The summed E-state index contributed by atoms with van der Waals surface area (Å²) in [6, 6.07) is 0.754. The molecule has 2 saturated heterocycles. The van der Waals surface area contributed by atoms with Crippen LogP contribution in [0.25, 0.3) is 0 Å². The second kappa shape index (κ2) is 4.67. The number of rotatable bonds is 3. The maximum atomic E-state index is 5.75. The standard InChI is InChI=1S/C10H19NOS/c1-8-2-3-10(12-8)6-11-9-4-5-13-7-9/h8-11H,2-7H2,1H3. The van der Waals surface area contributed by atoms with E-state index >= 15 is 0 Å². The van der Waals surface area contributed by atoms with Crippen LogP contribution in [0.4, 0.5) is 0 Å². The molecule has 13 heavy (non-hydrogen) atoms. The van der Waals surface area contributed by atoms with Crippen LogP contribution in [0.2, 0.25) is 0 Å². The molecule has 0 spiro atoms. The Kier molecular flexibility index (Phi) is 3.52. The first-order valence-electron chi connectivity index (χ1n) is 5.31. The minimum absolute atomic E-state index is 0.487. The molecule has 3 unspecified atom stereocenters. The zero-order valence-electron chi connectivity index (χ0n) is 8.29. The second-order valence-corrected chi connectivity index (χ2v) is 5.26. The fourth-order valence-corrected chi connectivity index (χ4v) is 3.22. The highest BCUT2D eigenvalue weighted by molar-refractivity contribution is 7.99. The zero-order chi connectivity index (χ0) is 9.10. The first-order chi connectivity index (χ1) is 6.34. The highest BCUT2D eigenvalue weighted by Gasteiger charge is 2.23. The Morgan fingerprint density at radius 3 is 2.92 bits per heavy atom. The van der Waals surface area contributed by atoms with Gasteiger partial charge in [0.25, 0.3) is 0 Å². The Morgan fingerprint density at radius 1 is 1.38 bits per heavy atom. The predicted molar refractivity (Wildman–Crippen MR) is 57.3 cm³/mol. The summed E-state index contributed by atoms with van der Waals surface area (Å²) in [5, 5.41) is 3.60. The topological polar surface area (TPSA) is 21.3 Å². The van der Waals surface area contributed by atoms with Crippen molar-refractivity contribution in [3.05, 3.63) is 0 Å². The summed E-state index contributed by atoms with van der Waals surface area (Å²) in [6.07, 6.45) is 4.80. The number of hydrogen-bond acceptors (Lipinski definition) is 3. The molecule has 0 aliphatic carbocycles. The Bertz CT molecular complexity index is 159. The van der Waals surface area contributed by atoms with Gasteiger partial charge in [0.15, 0.2) is 0 Å². The molecule has 0 bridgehead atoms. The van der Waals surface area contributed by atoms with Gasteiger partial charge in [0.1, 0.15) is 0 Å². The lowest BCUT2D eigenvalue weighted by Gasteiger charge is -2.15. The third kappa shape index (κ3) is 2.86. The summed E-state index contributed by atoms with van der Waals surface area (Å²) in [6.45, 7) is 3.24. The molecule has 3 atom stereocenters. The Labute approximate surface area is 84.8 Å². The van der Waals surface area contributed by atoms with E-state index < -0.39 is 0 Å². The van der Waals surface area contributed by atoms with Crippen LogP contribution in [0, 0.1) is 0 Å². The van der Waals surface area contributed by atoms with Crippen molar-refractivity contribution >= 4 is 11.8 Å². The highest BCUT2D eigenvalue weighted by atomic mass is 32.2. The Hall–Kier alpha value is 0.270. The monoisotopic (exact) mass is 201 g/mol. The number of ether oxygens (including phenoxy) is 1. The molecule has 0 radical (unpaired) electrons. The van der Waals surface area contributed by atoms with Crippen LogP contribution in [0.3, 0.4) is 0 Å². The first kappa shape index (κ1) is 9.81. The molecule has 0 saturated carbocycles. The van der Waals surface area contributed by atoms with Crippen molar-refractivity contribution in [2.24, 2.45) is 0 Å². The van der Waals surface area contributed by atoms with E-state index in [-0.39, 0.29) is 0 Å². The molecule has 1 N–H and O–H groups in total. The lowest BCUT2D eigenvalue weighted by Crippen LogP contribution is -2.35. The van der Waals surface area contributed by atoms with E-state index in [1.54, 1.807) is 0 Å². The van der Waals surface area contributed by atoms with Gasteiger partial charge >= 0.3 is 0 Å². The van der Waals surface area contributed by atoms with E-state index in [4.69, 9.17) is 4.74 Å². The minimum Gasteiger partial charge on any atom is -0.374 e. The first-order valence-corrected chi connectivity index (χ1v) is 6.46. The van der Waals surface area contributed by atoms with Gasteiger partial charge < -0.3 is 10.1 Å². The fourth-order valence-electron chi connectivity index (χ4n) is 2.03. The number of hydrogen-bond donors (Lipinski definition) is 1. The van der Waals surface area contributed by atoms with Crippen molar-refractivity contribution in [1.82, 2.24) is 5.32 Å². The Morgan fingerprint density at radius 2 is 2.31 bits per heavy atom. The van der Waals surface area contributed by atoms with Gasteiger partial charge in [-0.25, -0.2) is 0 Å². The predicted octanol–water partition coefficient (Wildman–Crippen LogP) is 1.65. The third-order valence-corrected chi connectivity index (χ3v) is 4.05. The molecule has 76 valence electrons. The second-order valence-electron chi connectivity index (χ2n) is 4.11. The van der Waals surface area contributed by atoms with E-state index in [0.717, 1.165) is 12.6 Å². The van der Waals surface area contributed by atoms with E-state index in [1.165, 1.54) is 30.8 Å². The molecule has 0 aromatic carbocycles. The average molecular weight is 201 g/mol. The van der Waals surface area contributed by atoms with Gasteiger partial charge in [0, 0.05) is 18.3 Å². The van der Waals surface area contributed by atoms with E-state index in [1.807, 2.05) is 0 Å². The van der Waals surface area contributed by atoms with Crippen LogP contribution in [0.15, 0.2) is 0 Å². The minimum atomic E-state index is 0.487. The largest absolute Gasteiger partial charge is 0.374 e. The molecular weight excluding hydrogens is 182 g/mol. The maximum Gasteiger partial charge on any atom is 0.0704 e. The summed E-state index contributed by atoms with van der Waals surface area (Å²) in [7, 11) is 0. The van der Waals surface area contributed by atoms with E-state index in [2.05, 4.69) is 24.0 Å². The van der Waals surface area contributed by atoms with Crippen LogP contribution in [-0.2, 0) is 4.74 Å². The summed E-state index contributed by atoms with van der Waals surface area (Å²) in [5.41, 5.74) is 0. The van der Waals surface area contributed by atoms with Gasteiger partial charge in [0.2, 0.25) is 0 Å². The highest BCUT2D eigenvalue weighted by Crippen LogP contribution is 2.20. The zero-order valence-corrected chi connectivity index (χ0v) is 9.11. The van der Waals surface area contributed by atoms with Crippen molar-refractivity contribution in [3.63, 3.8) is 0 Å². The molecule has 0 aromatic heterocycles. The van der Waals surface area contributed by atoms with Crippen molar-refractivity contribution in [3.8, 4) is 0 Å². The number of thioether (sulfide) groups is 1. The van der Waals surface area contributed by atoms with Crippen molar-refractivity contribution in [2.75, 3.05) is 18.1 Å². The molecule has 2 aliphatic heterocycles. The van der Waals surface area contributed by atoms with Crippen LogP contribution in [0.5, 0.6) is 0 Å². The van der Waals surface area contributed by atoms with Crippen molar-refractivity contribution in [1.29, 1.82) is 0 Å². The lowest BCUT2D eigenvalue weighted by molar-refractivity contribution is 0.0548. The summed E-state index contributed by atoms with van der Waals surface area (Å²) < 4.78 is 5.75. The molecule has 2 nitrogen and oxygen atoms in total. The summed E-state index contributed by atoms with van der Waals surface area (Å²) in [4.78, 5) is 0. The van der Waals surface area contributed by atoms with Crippen LogP contribution in [-0.4, -0.2) is 36.3 Å². The molecule has 0 amide bonds. The molecule has 0 aromatic rings. The van der Waals surface area contributed by atoms with Gasteiger partial charge in [-0.05, 0) is 31.9 Å².